The molecule has 2 aromatic carbocycles. The van der Waals surface area contributed by atoms with Crippen molar-refractivity contribution in [1.29, 1.82) is 0 Å². The Morgan fingerprint density at radius 1 is 0.952 bits per heavy atom. The molecule has 1 aliphatic heterocycles. The zero-order chi connectivity index (χ0) is 14.3. The monoisotopic (exact) mass is 284 g/mol. The molecule has 0 spiro atoms. The second kappa shape index (κ2) is 7.25. The van der Waals surface area contributed by atoms with Crippen molar-refractivity contribution < 1.29 is 14.2 Å². The summed E-state index contributed by atoms with van der Waals surface area (Å²) in [6.07, 6.45) is 3.25. The summed E-state index contributed by atoms with van der Waals surface area (Å²) in [7, 11) is 0. The van der Waals surface area contributed by atoms with Gasteiger partial charge in [-0.05, 0) is 49.1 Å². The average molecular weight is 284 g/mol. The van der Waals surface area contributed by atoms with Crippen LogP contribution in [0.3, 0.4) is 0 Å². The van der Waals surface area contributed by atoms with Crippen LogP contribution in [0.2, 0.25) is 0 Å². The smallest absolute Gasteiger partial charge is 0.158 e. The lowest BCUT2D eigenvalue weighted by Gasteiger charge is -2.22. The largest absolute Gasteiger partial charge is 0.457 e. The van der Waals surface area contributed by atoms with Gasteiger partial charge in [-0.3, -0.25) is 0 Å². The summed E-state index contributed by atoms with van der Waals surface area (Å²) in [6.45, 7) is 1.36. The van der Waals surface area contributed by atoms with Crippen LogP contribution in [0.4, 0.5) is 0 Å². The van der Waals surface area contributed by atoms with E-state index >= 15 is 0 Å². The molecule has 3 rings (SSSR count). The van der Waals surface area contributed by atoms with Gasteiger partial charge in [-0.15, -0.1) is 0 Å². The quantitative estimate of drug-likeness (QED) is 0.807. The Morgan fingerprint density at radius 2 is 1.81 bits per heavy atom. The average Bonchev–Trinajstić information content (AvgIpc) is 2.55. The summed E-state index contributed by atoms with van der Waals surface area (Å²) in [5, 5.41) is 0. The van der Waals surface area contributed by atoms with E-state index in [9.17, 15) is 0 Å². The summed E-state index contributed by atoms with van der Waals surface area (Å²) in [4.78, 5) is 0. The van der Waals surface area contributed by atoms with Gasteiger partial charge in [-0.25, -0.2) is 0 Å². The molecule has 0 amide bonds. The third-order valence-electron chi connectivity index (χ3n) is 3.45. The number of hydrogen-bond acceptors (Lipinski definition) is 3. The molecule has 0 aliphatic carbocycles. The number of ether oxygens (including phenoxy) is 3. The molecule has 0 N–H and O–H groups in total. The molecule has 0 radical (unpaired) electrons. The standard InChI is InChI=1S/C18H20O3/c1-2-8-16(9-3-1)21-17-10-6-7-15(13-17)14-20-18-11-4-5-12-19-18/h1-3,6-10,13,18H,4-5,11-12,14H2. The molecule has 2 aromatic rings. The van der Waals surface area contributed by atoms with E-state index < -0.39 is 0 Å². The molecule has 1 saturated heterocycles. The van der Waals surface area contributed by atoms with Crippen LogP contribution in [0, 0.1) is 0 Å². The zero-order valence-corrected chi connectivity index (χ0v) is 12.0. The summed E-state index contributed by atoms with van der Waals surface area (Å²) in [6, 6.07) is 17.8. The molecule has 1 unspecified atom stereocenters. The minimum Gasteiger partial charge on any atom is -0.457 e. The number of hydrogen-bond donors (Lipinski definition) is 0. The Labute approximate surface area is 125 Å². The predicted molar refractivity (Wildman–Crippen MR) is 81.3 cm³/mol. The molecular weight excluding hydrogens is 264 g/mol. The highest BCUT2D eigenvalue weighted by atomic mass is 16.7. The van der Waals surface area contributed by atoms with E-state index in [0.717, 1.165) is 36.5 Å². The maximum absolute atomic E-state index is 5.82. The summed E-state index contributed by atoms with van der Waals surface area (Å²) >= 11 is 0. The van der Waals surface area contributed by atoms with Crippen molar-refractivity contribution in [3.8, 4) is 11.5 Å². The molecule has 0 saturated carbocycles. The van der Waals surface area contributed by atoms with Crippen molar-refractivity contribution >= 4 is 0 Å². The zero-order valence-electron chi connectivity index (χ0n) is 12.0. The summed E-state index contributed by atoms with van der Waals surface area (Å²) in [5.74, 6) is 1.66. The third kappa shape index (κ3) is 4.31. The van der Waals surface area contributed by atoms with Crippen molar-refractivity contribution in [2.45, 2.75) is 32.2 Å². The number of benzene rings is 2. The van der Waals surface area contributed by atoms with Crippen LogP contribution in [-0.4, -0.2) is 12.9 Å². The van der Waals surface area contributed by atoms with E-state index in [2.05, 4.69) is 0 Å². The van der Waals surface area contributed by atoms with Gasteiger partial charge in [0.15, 0.2) is 6.29 Å². The maximum atomic E-state index is 5.82. The number of rotatable bonds is 5. The molecule has 1 heterocycles. The highest BCUT2D eigenvalue weighted by molar-refractivity contribution is 5.33. The Morgan fingerprint density at radius 3 is 2.62 bits per heavy atom. The van der Waals surface area contributed by atoms with Crippen molar-refractivity contribution in [2.75, 3.05) is 6.61 Å². The van der Waals surface area contributed by atoms with Gasteiger partial charge in [0, 0.05) is 6.61 Å². The summed E-state index contributed by atoms with van der Waals surface area (Å²) in [5.41, 5.74) is 1.10. The van der Waals surface area contributed by atoms with Crippen LogP contribution < -0.4 is 4.74 Å². The fraction of sp³-hybridized carbons (Fsp3) is 0.333. The Kier molecular flexibility index (Phi) is 4.87. The first-order valence-electron chi connectivity index (χ1n) is 7.45. The number of para-hydroxylation sites is 1. The SMILES string of the molecule is c1ccc(Oc2cccc(COC3CCCCO3)c2)cc1. The fourth-order valence-electron chi connectivity index (χ4n) is 2.36. The third-order valence-corrected chi connectivity index (χ3v) is 3.45. The molecule has 0 bridgehead atoms. The minimum atomic E-state index is -0.0579. The van der Waals surface area contributed by atoms with E-state index in [1.807, 2.05) is 54.6 Å². The van der Waals surface area contributed by atoms with Gasteiger partial charge in [-0.1, -0.05) is 30.3 Å². The van der Waals surface area contributed by atoms with Crippen LogP contribution in [0.5, 0.6) is 11.5 Å². The van der Waals surface area contributed by atoms with Crippen LogP contribution >= 0.6 is 0 Å². The Hall–Kier alpha value is -1.84. The molecule has 3 nitrogen and oxygen atoms in total. The van der Waals surface area contributed by atoms with Crippen LogP contribution in [0.15, 0.2) is 54.6 Å². The van der Waals surface area contributed by atoms with Gasteiger partial charge in [0.05, 0.1) is 6.61 Å². The van der Waals surface area contributed by atoms with E-state index in [0.29, 0.717) is 6.61 Å². The van der Waals surface area contributed by atoms with Gasteiger partial charge in [0.2, 0.25) is 0 Å². The summed E-state index contributed by atoms with van der Waals surface area (Å²) < 4.78 is 17.2. The van der Waals surface area contributed by atoms with Crippen molar-refractivity contribution in [3.05, 3.63) is 60.2 Å². The van der Waals surface area contributed by atoms with E-state index in [-0.39, 0.29) is 6.29 Å². The van der Waals surface area contributed by atoms with Crippen LogP contribution in [0.1, 0.15) is 24.8 Å². The molecule has 1 fully saturated rings. The van der Waals surface area contributed by atoms with Crippen molar-refractivity contribution in [1.82, 2.24) is 0 Å². The van der Waals surface area contributed by atoms with Crippen molar-refractivity contribution in [2.24, 2.45) is 0 Å². The van der Waals surface area contributed by atoms with Gasteiger partial charge < -0.3 is 14.2 Å². The fourth-order valence-corrected chi connectivity index (χ4v) is 2.36. The van der Waals surface area contributed by atoms with Crippen LogP contribution in [-0.2, 0) is 16.1 Å². The molecule has 1 atom stereocenters. The first-order chi connectivity index (χ1) is 10.4. The topological polar surface area (TPSA) is 27.7 Å². The second-order valence-electron chi connectivity index (χ2n) is 5.17. The first kappa shape index (κ1) is 14.1. The maximum Gasteiger partial charge on any atom is 0.158 e. The highest BCUT2D eigenvalue weighted by Gasteiger charge is 2.13. The van der Waals surface area contributed by atoms with Crippen LogP contribution in [0.25, 0.3) is 0 Å². The molecular formula is C18H20O3. The Balaban J connectivity index is 1.57. The normalized spacial score (nSPS) is 18.4. The van der Waals surface area contributed by atoms with E-state index in [1.165, 1.54) is 6.42 Å². The molecule has 3 heteroatoms. The van der Waals surface area contributed by atoms with Gasteiger partial charge in [0.25, 0.3) is 0 Å². The van der Waals surface area contributed by atoms with E-state index in [4.69, 9.17) is 14.2 Å². The lowest BCUT2D eigenvalue weighted by atomic mass is 10.2. The predicted octanol–water partition coefficient (Wildman–Crippen LogP) is 4.52. The highest BCUT2D eigenvalue weighted by Crippen LogP contribution is 2.23. The van der Waals surface area contributed by atoms with Gasteiger partial charge in [0.1, 0.15) is 11.5 Å². The second-order valence-corrected chi connectivity index (χ2v) is 5.17. The molecule has 110 valence electrons. The molecule has 21 heavy (non-hydrogen) atoms. The van der Waals surface area contributed by atoms with Gasteiger partial charge in [-0.2, -0.15) is 0 Å². The first-order valence-corrected chi connectivity index (χ1v) is 7.45. The molecule has 1 aliphatic rings. The van der Waals surface area contributed by atoms with Gasteiger partial charge >= 0.3 is 0 Å². The minimum absolute atomic E-state index is 0.0579. The Bertz CT molecular complexity index is 547. The lowest BCUT2D eigenvalue weighted by Crippen LogP contribution is -2.21. The lowest BCUT2D eigenvalue weighted by molar-refractivity contribution is -0.168. The van der Waals surface area contributed by atoms with Crippen molar-refractivity contribution in [3.63, 3.8) is 0 Å². The van der Waals surface area contributed by atoms with E-state index in [1.54, 1.807) is 0 Å². The molecule has 0 aromatic heterocycles.